The molecule has 3 N–H and O–H groups in total. The Bertz CT molecular complexity index is 929. The van der Waals surface area contributed by atoms with Crippen molar-refractivity contribution in [3.63, 3.8) is 0 Å². The van der Waals surface area contributed by atoms with Gasteiger partial charge in [0.2, 0.25) is 27.7 Å². The van der Waals surface area contributed by atoms with E-state index in [1.165, 1.54) is 4.90 Å². The molecule has 0 aromatic carbocycles. The SMILES string of the molecule is CC(C)[C@H](NS(C)(=O)=O)C(=O)N1CC2(C[C@H]1C(=O)N[C@H](C#N)C[C@@H]1CCNC1=O)SCCS2. The van der Waals surface area contributed by atoms with Crippen molar-refractivity contribution in [1.29, 1.82) is 5.26 Å². The van der Waals surface area contributed by atoms with Gasteiger partial charge in [-0.25, -0.2) is 13.1 Å². The molecule has 33 heavy (non-hydrogen) atoms. The molecule has 3 heterocycles. The van der Waals surface area contributed by atoms with E-state index >= 15 is 0 Å². The standard InChI is InChI=1S/C20H31N5O5S3/c1-12(2)16(24-33(3,29)30)19(28)25-11-20(31-6-7-32-20)9-15(25)18(27)23-14(10-21)8-13-4-5-22-17(13)26/h12-16,24H,4-9,11H2,1-3H3,(H,22,26)(H,23,27)/t13-,14-,15-,16-/m0/s1. The summed E-state index contributed by atoms with van der Waals surface area (Å²) in [7, 11) is -3.64. The Morgan fingerprint density at radius 1 is 1.33 bits per heavy atom. The van der Waals surface area contributed by atoms with Gasteiger partial charge in [0.05, 0.1) is 16.4 Å². The molecule has 0 unspecified atom stereocenters. The van der Waals surface area contributed by atoms with Gasteiger partial charge >= 0.3 is 0 Å². The highest BCUT2D eigenvalue weighted by Crippen LogP contribution is 2.52. The van der Waals surface area contributed by atoms with Crippen molar-refractivity contribution >= 4 is 51.3 Å². The molecule has 4 atom stereocenters. The maximum Gasteiger partial charge on any atom is 0.243 e. The van der Waals surface area contributed by atoms with E-state index in [-0.39, 0.29) is 28.2 Å². The number of nitrogens with one attached hydrogen (secondary N) is 3. The first-order chi connectivity index (χ1) is 15.4. The Hall–Kier alpha value is -1.49. The molecule has 3 amide bonds. The summed E-state index contributed by atoms with van der Waals surface area (Å²) in [6, 6.07) is -0.588. The minimum absolute atomic E-state index is 0.119. The number of hydrogen-bond donors (Lipinski definition) is 3. The molecular formula is C20H31N5O5S3. The van der Waals surface area contributed by atoms with E-state index in [0.717, 1.165) is 17.8 Å². The number of nitriles is 1. The highest BCUT2D eigenvalue weighted by atomic mass is 32.2. The fourth-order valence-corrected chi connectivity index (χ4v) is 8.55. The van der Waals surface area contributed by atoms with Crippen LogP contribution in [-0.2, 0) is 24.4 Å². The third-order valence-corrected chi connectivity index (χ3v) is 10.2. The largest absolute Gasteiger partial charge is 0.356 e. The molecule has 3 fully saturated rings. The van der Waals surface area contributed by atoms with Crippen LogP contribution in [0.2, 0.25) is 0 Å². The molecule has 0 aromatic rings. The van der Waals surface area contributed by atoms with E-state index in [1.807, 2.05) is 0 Å². The van der Waals surface area contributed by atoms with E-state index < -0.39 is 40.0 Å². The fraction of sp³-hybridized carbons (Fsp3) is 0.800. The van der Waals surface area contributed by atoms with Gasteiger partial charge in [-0.3, -0.25) is 14.4 Å². The Labute approximate surface area is 203 Å². The van der Waals surface area contributed by atoms with Crippen LogP contribution < -0.4 is 15.4 Å². The Kier molecular flexibility index (Phi) is 8.24. The Balaban J connectivity index is 1.79. The van der Waals surface area contributed by atoms with Gasteiger partial charge in [0.1, 0.15) is 18.1 Å². The number of hydrogen-bond acceptors (Lipinski definition) is 8. The molecule has 0 bridgehead atoms. The van der Waals surface area contributed by atoms with Crippen molar-refractivity contribution in [1.82, 2.24) is 20.3 Å². The number of carbonyl (C=O) groups excluding carboxylic acids is 3. The average Bonchev–Trinajstić information content (AvgIpc) is 3.46. The number of thioether (sulfide) groups is 2. The van der Waals surface area contributed by atoms with Gasteiger partial charge in [-0.1, -0.05) is 13.8 Å². The quantitative estimate of drug-likeness (QED) is 0.403. The zero-order valence-corrected chi connectivity index (χ0v) is 21.4. The van der Waals surface area contributed by atoms with Gasteiger partial charge in [-0.2, -0.15) is 5.26 Å². The predicted octanol–water partition coefficient (Wildman–Crippen LogP) is -0.128. The lowest BCUT2D eigenvalue weighted by Crippen LogP contribution is -2.56. The van der Waals surface area contributed by atoms with Crippen LogP contribution in [0.5, 0.6) is 0 Å². The Morgan fingerprint density at radius 2 is 2.00 bits per heavy atom. The topological polar surface area (TPSA) is 148 Å². The summed E-state index contributed by atoms with van der Waals surface area (Å²) in [6.07, 6.45) is 2.26. The molecule has 184 valence electrons. The van der Waals surface area contributed by atoms with E-state index in [0.29, 0.717) is 25.9 Å². The van der Waals surface area contributed by atoms with Crippen LogP contribution in [0.1, 0.15) is 33.1 Å². The second-order valence-corrected chi connectivity index (χ2v) is 14.1. The van der Waals surface area contributed by atoms with Crippen molar-refractivity contribution in [3.05, 3.63) is 0 Å². The lowest BCUT2D eigenvalue weighted by atomic mass is 9.98. The highest BCUT2D eigenvalue weighted by molar-refractivity contribution is 8.21. The van der Waals surface area contributed by atoms with Crippen molar-refractivity contribution in [2.75, 3.05) is 30.9 Å². The van der Waals surface area contributed by atoms with Crippen molar-refractivity contribution in [3.8, 4) is 6.07 Å². The molecule has 0 saturated carbocycles. The minimum atomic E-state index is -3.64. The van der Waals surface area contributed by atoms with E-state index in [2.05, 4.69) is 21.4 Å². The van der Waals surface area contributed by atoms with Crippen molar-refractivity contribution in [2.24, 2.45) is 11.8 Å². The molecule has 10 nitrogen and oxygen atoms in total. The molecule has 0 radical (unpaired) electrons. The molecule has 3 aliphatic heterocycles. The number of rotatable bonds is 8. The fourth-order valence-electron chi connectivity index (χ4n) is 4.46. The second-order valence-electron chi connectivity index (χ2n) is 9.11. The van der Waals surface area contributed by atoms with E-state index in [4.69, 9.17) is 0 Å². The summed E-state index contributed by atoms with van der Waals surface area (Å²) >= 11 is 3.42. The first kappa shape index (κ1) is 26.1. The smallest absolute Gasteiger partial charge is 0.243 e. The lowest BCUT2D eigenvalue weighted by molar-refractivity contribution is -0.140. The number of likely N-dealkylation sites (tertiary alicyclic amines) is 1. The van der Waals surface area contributed by atoms with Gasteiger partial charge in [0.15, 0.2) is 0 Å². The van der Waals surface area contributed by atoms with Gasteiger partial charge in [0, 0.05) is 36.9 Å². The molecule has 0 aliphatic carbocycles. The van der Waals surface area contributed by atoms with Gasteiger partial charge in [-0.15, -0.1) is 23.5 Å². The van der Waals surface area contributed by atoms with Gasteiger partial charge in [0.25, 0.3) is 0 Å². The van der Waals surface area contributed by atoms with Crippen molar-refractivity contribution < 1.29 is 22.8 Å². The first-order valence-corrected chi connectivity index (χ1v) is 14.8. The molecule has 3 aliphatic rings. The molecule has 13 heteroatoms. The highest BCUT2D eigenvalue weighted by Gasteiger charge is 2.52. The zero-order chi connectivity index (χ0) is 24.4. The molecule has 1 spiro atoms. The third-order valence-electron chi connectivity index (χ3n) is 6.12. The average molecular weight is 518 g/mol. The summed E-state index contributed by atoms with van der Waals surface area (Å²) in [5.41, 5.74) is 0. The maximum atomic E-state index is 13.5. The van der Waals surface area contributed by atoms with Crippen LogP contribution >= 0.6 is 23.5 Å². The molecule has 3 saturated heterocycles. The van der Waals surface area contributed by atoms with Gasteiger partial charge < -0.3 is 15.5 Å². The van der Waals surface area contributed by atoms with Crippen LogP contribution in [0, 0.1) is 23.2 Å². The molecule has 0 aromatic heterocycles. The van der Waals surface area contributed by atoms with E-state index in [1.54, 1.807) is 37.4 Å². The number of nitrogens with zero attached hydrogens (tertiary/aromatic N) is 2. The monoisotopic (exact) mass is 517 g/mol. The van der Waals surface area contributed by atoms with Crippen LogP contribution in [0.4, 0.5) is 0 Å². The van der Waals surface area contributed by atoms with Crippen LogP contribution in [0.3, 0.4) is 0 Å². The summed E-state index contributed by atoms with van der Waals surface area (Å²) in [6.45, 7) is 4.38. The summed E-state index contributed by atoms with van der Waals surface area (Å²) < 4.78 is 25.8. The van der Waals surface area contributed by atoms with Crippen LogP contribution in [0.15, 0.2) is 0 Å². The predicted molar refractivity (Wildman–Crippen MR) is 128 cm³/mol. The van der Waals surface area contributed by atoms with Crippen LogP contribution in [-0.4, -0.2) is 84.1 Å². The molecule has 3 rings (SSSR count). The minimum Gasteiger partial charge on any atom is -0.356 e. The number of amides is 3. The maximum absolute atomic E-state index is 13.5. The lowest BCUT2D eigenvalue weighted by Gasteiger charge is -2.30. The van der Waals surface area contributed by atoms with Crippen LogP contribution in [0.25, 0.3) is 0 Å². The number of carbonyl (C=O) groups is 3. The Morgan fingerprint density at radius 3 is 2.52 bits per heavy atom. The second kappa shape index (κ2) is 10.4. The zero-order valence-electron chi connectivity index (χ0n) is 19.0. The summed E-state index contributed by atoms with van der Waals surface area (Å²) in [5, 5.41) is 15.0. The van der Waals surface area contributed by atoms with Crippen molar-refractivity contribution in [2.45, 2.75) is 55.3 Å². The summed E-state index contributed by atoms with van der Waals surface area (Å²) in [5.74, 6) is 0.176. The van der Waals surface area contributed by atoms with E-state index in [9.17, 15) is 28.1 Å². The summed E-state index contributed by atoms with van der Waals surface area (Å²) in [4.78, 5) is 40.1. The first-order valence-electron chi connectivity index (χ1n) is 11.0. The molecular weight excluding hydrogens is 486 g/mol. The third kappa shape index (κ3) is 6.35. The normalized spacial score (nSPS) is 26.3. The number of sulfonamides is 1. The van der Waals surface area contributed by atoms with Gasteiger partial charge in [-0.05, 0) is 18.8 Å².